The van der Waals surface area contributed by atoms with E-state index in [1.807, 2.05) is 0 Å². The summed E-state index contributed by atoms with van der Waals surface area (Å²) in [5.41, 5.74) is 75.4. The number of aryl methyl sites for hydroxylation is 26. The van der Waals surface area contributed by atoms with Gasteiger partial charge in [0.25, 0.3) is 0 Å². The summed E-state index contributed by atoms with van der Waals surface area (Å²) >= 11 is 0. The van der Waals surface area contributed by atoms with E-state index in [2.05, 4.69) is 360 Å². The Hall–Kier alpha value is -8.84. The zero-order chi connectivity index (χ0) is 91.3. The Kier molecular flexibility index (Phi) is 27.3. The van der Waals surface area contributed by atoms with E-state index in [-0.39, 0.29) is 0 Å². The summed E-state index contributed by atoms with van der Waals surface area (Å²) in [6.45, 7) is 118. The van der Waals surface area contributed by atoms with Crippen LogP contribution in [0.1, 0.15) is 289 Å². The SMILES string of the molecule is Cc1c(C)c(C)c(C)c(C)c1C.Cc1c(C)c(C)c2c(C)c(C)c(C)c(C)c2c1C.Cc1c(C)c(C)c2c(C)c(C)c(C)c(C)c2c1C.Cc1c(C)c(C)c2c(C)c3c(C)c(C)c(C)c(C)c3c(C)c2c1C.Cc1c(C)c(C)c2c(C)c3c(C)c(C)c(C)c(C)c3c(C)c2c1C.Cc1c(C)c(C)c2c(C)c3c(C)c(C)c(C)c(C)c3c(C)c2c1C. The molecule has 0 fully saturated rings. The van der Waals surface area contributed by atoms with Gasteiger partial charge < -0.3 is 0 Å². The fourth-order valence-corrected chi connectivity index (χ4v) is 22.3. The van der Waals surface area contributed by atoms with Crippen LogP contribution in [0.3, 0.4) is 0 Å². The van der Waals surface area contributed by atoms with Gasteiger partial charge in [0.2, 0.25) is 0 Å². The van der Waals surface area contributed by atoms with Gasteiger partial charge in [-0.3, -0.25) is 0 Å². The zero-order valence-electron chi connectivity index (χ0n) is 86.0. The van der Waals surface area contributed by atoms with Crippen molar-refractivity contribution in [3.05, 3.63) is 289 Å². The molecular weight excluding hydrogens is 1440 g/mol. The van der Waals surface area contributed by atoms with Crippen molar-refractivity contribution in [2.45, 2.75) is 360 Å². The van der Waals surface area contributed by atoms with E-state index in [4.69, 9.17) is 0 Å². The summed E-state index contributed by atoms with van der Waals surface area (Å²) in [6, 6.07) is 0. The molecule has 0 spiro atoms. The van der Waals surface area contributed by atoms with E-state index < -0.39 is 0 Å². The van der Waals surface area contributed by atoms with E-state index in [1.54, 1.807) is 0 Å². The molecule has 0 amide bonds. The van der Waals surface area contributed by atoms with Crippen LogP contribution in [0.25, 0.3) is 86.2 Å². The van der Waals surface area contributed by atoms with Gasteiger partial charge >= 0.3 is 0 Å². The maximum Gasteiger partial charge on any atom is -0.0111 e. The first kappa shape index (κ1) is 95.0. The standard InChI is InChI=1S/3C24H30.2C18H24.C12H18/c3*1-11-12(2)16(6)22-20(10)24-18(8)14(4)13(3)17(7)23(24)19(9)21(22)15(11)5;2*1-9-10(2)14(6)18-16(8)12(4)11(3)15(7)17(18)13(9)5;1-7-8(2)10(4)12(6)11(5)9(7)3/h3*1-10H3;2*1-8H3;1-6H3. The molecule has 0 aliphatic heterocycles. The van der Waals surface area contributed by atoms with Crippen LogP contribution in [-0.2, 0) is 0 Å². The molecule has 120 heavy (non-hydrogen) atoms. The molecule has 0 N–H and O–H groups in total. The summed E-state index contributed by atoms with van der Waals surface area (Å²) in [6.07, 6.45) is 0. The van der Waals surface area contributed by atoms with Crippen LogP contribution in [0, 0.1) is 360 Å². The van der Waals surface area contributed by atoms with Gasteiger partial charge in [-0.1, -0.05) is 0 Å². The first-order valence-electron chi connectivity index (χ1n) is 45.0. The quantitative estimate of drug-likeness (QED) is 0.133. The predicted molar refractivity (Wildman–Crippen MR) is 545 cm³/mol. The highest BCUT2D eigenvalue weighted by atomic mass is 14.3. The van der Waals surface area contributed by atoms with E-state index in [1.165, 1.54) is 375 Å². The number of rotatable bonds is 0. The third-order valence-electron chi connectivity index (χ3n) is 34.2. The molecule has 0 unspecified atom stereocenters. The third kappa shape index (κ3) is 14.7. The van der Waals surface area contributed by atoms with Gasteiger partial charge in [-0.2, -0.15) is 0 Å². The topological polar surface area (TPSA) is 0 Å². The third-order valence-corrected chi connectivity index (χ3v) is 34.2. The van der Waals surface area contributed by atoms with Crippen molar-refractivity contribution in [1.29, 1.82) is 0 Å². The van der Waals surface area contributed by atoms with Crippen LogP contribution >= 0.6 is 0 Å². The zero-order valence-corrected chi connectivity index (χ0v) is 86.0. The highest BCUT2D eigenvalue weighted by Gasteiger charge is 2.27. The second kappa shape index (κ2) is 34.5. The number of fused-ring (bicyclic) bond motifs is 8. The Labute approximate surface area is 730 Å². The van der Waals surface area contributed by atoms with Crippen LogP contribution in [0.4, 0.5) is 0 Å². The van der Waals surface area contributed by atoms with Gasteiger partial charge in [0, 0.05) is 0 Å². The van der Waals surface area contributed by atoms with Crippen LogP contribution in [0.2, 0.25) is 0 Å². The van der Waals surface area contributed by atoms with Crippen LogP contribution in [0.5, 0.6) is 0 Å². The summed E-state index contributed by atoms with van der Waals surface area (Å²) in [5.74, 6) is 0. The van der Waals surface area contributed by atoms with Crippen LogP contribution in [-0.4, -0.2) is 0 Å². The molecule has 0 heterocycles. The van der Waals surface area contributed by atoms with E-state index in [0.29, 0.717) is 0 Å². The Morgan fingerprint density at radius 3 is 0.125 bits per heavy atom. The maximum absolute atomic E-state index is 2.33. The summed E-state index contributed by atoms with van der Waals surface area (Å²) in [7, 11) is 0. The molecular formula is C120H156. The molecule has 0 atom stereocenters. The summed E-state index contributed by atoms with van der Waals surface area (Å²) in [5, 5.41) is 23.7. The molecule has 14 aromatic rings. The lowest BCUT2D eigenvalue weighted by molar-refractivity contribution is 1.13. The Balaban J connectivity index is 0.000000166. The van der Waals surface area contributed by atoms with Gasteiger partial charge in [-0.05, 0) is 736 Å². The maximum atomic E-state index is 2.33. The molecule has 0 aliphatic carbocycles. The van der Waals surface area contributed by atoms with Gasteiger partial charge in [0.15, 0.2) is 0 Å². The van der Waals surface area contributed by atoms with Gasteiger partial charge in [0.1, 0.15) is 0 Å². The fourth-order valence-electron chi connectivity index (χ4n) is 22.3. The van der Waals surface area contributed by atoms with Gasteiger partial charge in [-0.15, -0.1) is 0 Å². The fraction of sp³-hybridized carbons (Fsp3) is 0.433. The van der Waals surface area contributed by atoms with Gasteiger partial charge in [0.05, 0.1) is 0 Å². The highest BCUT2D eigenvalue weighted by molar-refractivity contribution is 6.14. The van der Waals surface area contributed by atoms with Crippen molar-refractivity contribution < 1.29 is 0 Å². The molecule has 14 rings (SSSR count). The molecule has 0 heteroatoms. The Bertz CT molecular complexity index is 5440. The molecule has 0 aromatic heterocycles. The minimum Gasteiger partial charge on any atom is -0.0447 e. The minimum absolute atomic E-state index is 1.44. The predicted octanol–water partition coefficient (Wildman–Crippen LogP) is 35.4. The van der Waals surface area contributed by atoms with Crippen LogP contribution < -0.4 is 0 Å². The lowest BCUT2D eigenvalue weighted by atomic mass is 9.80. The van der Waals surface area contributed by atoms with E-state index in [0.717, 1.165) is 0 Å². The molecule has 0 bridgehead atoms. The average molecular weight is 1600 g/mol. The largest absolute Gasteiger partial charge is 0.0447 e. The summed E-state index contributed by atoms with van der Waals surface area (Å²) in [4.78, 5) is 0. The van der Waals surface area contributed by atoms with Crippen molar-refractivity contribution in [1.82, 2.24) is 0 Å². The van der Waals surface area contributed by atoms with E-state index in [9.17, 15) is 0 Å². The van der Waals surface area contributed by atoms with Gasteiger partial charge in [-0.25, -0.2) is 0 Å². The molecule has 0 saturated carbocycles. The molecule has 636 valence electrons. The summed E-state index contributed by atoms with van der Waals surface area (Å²) < 4.78 is 0. The van der Waals surface area contributed by atoms with Crippen LogP contribution in [0.15, 0.2) is 0 Å². The lowest BCUT2D eigenvalue weighted by Gasteiger charge is -2.24. The molecule has 14 aromatic carbocycles. The van der Waals surface area contributed by atoms with Crippen molar-refractivity contribution in [3.63, 3.8) is 0 Å². The second-order valence-electron chi connectivity index (χ2n) is 38.5. The molecule has 0 radical (unpaired) electrons. The Morgan fingerprint density at radius 2 is 0.0750 bits per heavy atom. The number of hydrogen-bond acceptors (Lipinski definition) is 0. The van der Waals surface area contributed by atoms with Crippen molar-refractivity contribution in [2.24, 2.45) is 0 Å². The molecule has 0 nitrogen and oxygen atoms in total. The second-order valence-corrected chi connectivity index (χ2v) is 38.5. The van der Waals surface area contributed by atoms with Crippen molar-refractivity contribution in [2.75, 3.05) is 0 Å². The smallest absolute Gasteiger partial charge is 0.0111 e. The molecule has 0 saturated heterocycles. The number of benzene rings is 14. The lowest BCUT2D eigenvalue weighted by Crippen LogP contribution is -2.03. The van der Waals surface area contributed by atoms with E-state index >= 15 is 0 Å². The first-order chi connectivity index (χ1) is 55.4. The van der Waals surface area contributed by atoms with Crippen molar-refractivity contribution in [3.8, 4) is 0 Å². The highest BCUT2D eigenvalue weighted by Crippen LogP contribution is 2.48. The normalized spacial score (nSPS) is 11.5. The molecule has 0 aliphatic rings. The monoisotopic (exact) mass is 1600 g/mol. The minimum atomic E-state index is 1.44. The number of hydrogen-bond donors (Lipinski definition) is 0. The Morgan fingerprint density at radius 1 is 0.0417 bits per heavy atom. The first-order valence-corrected chi connectivity index (χ1v) is 45.0. The average Bonchev–Trinajstić information content (AvgIpc) is 0.727. The van der Waals surface area contributed by atoms with Crippen molar-refractivity contribution >= 4 is 86.2 Å².